The molecule has 0 aliphatic carbocycles. The Labute approximate surface area is 206 Å². The quantitative estimate of drug-likeness (QED) is 0.152. The molecule has 0 saturated carbocycles. The van der Waals surface area contributed by atoms with Crippen molar-refractivity contribution in [2.24, 2.45) is 0 Å². The van der Waals surface area contributed by atoms with Gasteiger partial charge in [-0.2, -0.15) is 0 Å². The molecule has 0 heterocycles. The summed E-state index contributed by atoms with van der Waals surface area (Å²) in [6.45, 7) is 6.63. The first-order valence-corrected chi connectivity index (χ1v) is 12.9. The third-order valence-corrected chi connectivity index (χ3v) is 5.28. The van der Waals surface area contributed by atoms with Crippen LogP contribution in [0.5, 0.6) is 5.75 Å². The number of rotatable bonds is 24. The average molecular weight is 483 g/mol. The SMILES string of the molecule is CCCCCCCCCc1ccc(OCCOCCOCCOCCOCCC(=O)OC)cc1. The van der Waals surface area contributed by atoms with Gasteiger partial charge in [0, 0.05) is 0 Å². The highest BCUT2D eigenvalue weighted by Crippen LogP contribution is 2.15. The summed E-state index contributed by atoms with van der Waals surface area (Å²) in [5.74, 6) is 0.612. The summed E-state index contributed by atoms with van der Waals surface area (Å²) < 4.78 is 31.9. The monoisotopic (exact) mass is 482 g/mol. The fraction of sp³-hybridized carbons (Fsp3) is 0.741. The third kappa shape index (κ3) is 18.7. The molecule has 1 rings (SSSR count). The van der Waals surface area contributed by atoms with Crippen LogP contribution in [0, 0.1) is 0 Å². The molecule has 196 valence electrons. The molecule has 0 aliphatic rings. The largest absolute Gasteiger partial charge is 0.491 e. The van der Waals surface area contributed by atoms with E-state index >= 15 is 0 Å². The first kappa shape index (κ1) is 30.4. The highest BCUT2D eigenvalue weighted by molar-refractivity contribution is 5.69. The van der Waals surface area contributed by atoms with E-state index in [1.807, 2.05) is 12.1 Å². The van der Waals surface area contributed by atoms with E-state index < -0.39 is 0 Å². The summed E-state index contributed by atoms with van der Waals surface area (Å²) >= 11 is 0. The summed E-state index contributed by atoms with van der Waals surface area (Å²) in [6, 6.07) is 8.42. The van der Waals surface area contributed by atoms with Crippen LogP contribution in [0.4, 0.5) is 0 Å². The van der Waals surface area contributed by atoms with E-state index in [1.54, 1.807) is 0 Å². The third-order valence-electron chi connectivity index (χ3n) is 5.28. The zero-order valence-corrected chi connectivity index (χ0v) is 21.4. The molecule has 0 saturated heterocycles. The first-order chi connectivity index (χ1) is 16.8. The Morgan fingerprint density at radius 3 is 1.71 bits per heavy atom. The van der Waals surface area contributed by atoms with Crippen LogP contribution in [0.3, 0.4) is 0 Å². The van der Waals surface area contributed by atoms with Crippen LogP contribution in [0.2, 0.25) is 0 Å². The van der Waals surface area contributed by atoms with Crippen LogP contribution in [0.1, 0.15) is 63.9 Å². The Hall–Kier alpha value is -1.67. The van der Waals surface area contributed by atoms with Crippen molar-refractivity contribution in [1.82, 2.24) is 0 Å². The van der Waals surface area contributed by atoms with Crippen LogP contribution in [-0.4, -0.2) is 72.5 Å². The number of esters is 1. The lowest BCUT2D eigenvalue weighted by atomic mass is 10.0. The van der Waals surface area contributed by atoms with Crippen molar-refractivity contribution in [2.75, 3.05) is 66.6 Å². The minimum atomic E-state index is -0.272. The lowest BCUT2D eigenvalue weighted by Crippen LogP contribution is -2.14. The van der Waals surface area contributed by atoms with Crippen molar-refractivity contribution in [1.29, 1.82) is 0 Å². The molecule has 7 nitrogen and oxygen atoms in total. The van der Waals surface area contributed by atoms with Gasteiger partial charge in [0.25, 0.3) is 0 Å². The van der Waals surface area contributed by atoms with Crippen molar-refractivity contribution >= 4 is 5.97 Å². The maximum atomic E-state index is 10.9. The minimum Gasteiger partial charge on any atom is -0.491 e. The molecule has 0 fully saturated rings. The molecule has 0 spiro atoms. The van der Waals surface area contributed by atoms with Crippen molar-refractivity contribution in [3.8, 4) is 5.75 Å². The number of methoxy groups -OCH3 is 1. The molecule has 0 aliphatic heterocycles. The van der Waals surface area contributed by atoms with E-state index in [0.29, 0.717) is 59.5 Å². The number of hydrogen-bond donors (Lipinski definition) is 0. The molecule has 1 aromatic carbocycles. The van der Waals surface area contributed by atoms with Gasteiger partial charge in [0.05, 0.1) is 66.4 Å². The van der Waals surface area contributed by atoms with Gasteiger partial charge < -0.3 is 28.4 Å². The number of carbonyl (C=O) groups excluding carboxylic acids is 1. The molecule has 34 heavy (non-hydrogen) atoms. The maximum Gasteiger partial charge on any atom is 0.307 e. The van der Waals surface area contributed by atoms with E-state index in [-0.39, 0.29) is 12.4 Å². The second kappa shape index (κ2) is 23.1. The molecular weight excluding hydrogens is 436 g/mol. The van der Waals surface area contributed by atoms with E-state index in [1.165, 1.54) is 57.6 Å². The highest BCUT2D eigenvalue weighted by atomic mass is 16.6. The lowest BCUT2D eigenvalue weighted by Gasteiger charge is -2.09. The predicted molar refractivity (Wildman–Crippen MR) is 134 cm³/mol. The smallest absolute Gasteiger partial charge is 0.307 e. The maximum absolute atomic E-state index is 10.9. The van der Waals surface area contributed by atoms with Crippen molar-refractivity contribution in [3.63, 3.8) is 0 Å². The van der Waals surface area contributed by atoms with Crippen LogP contribution in [0.25, 0.3) is 0 Å². The minimum absolute atomic E-state index is 0.260. The molecule has 0 aromatic heterocycles. The van der Waals surface area contributed by atoms with Gasteiger partial charge >= 0.3 is 5.97 Å². The summed E-state index contributed by atoms with van der Waals surface area (Å²) in [6.07, 6.45) is 10.8. The molecule has 7 heteroatoms. The molecule has 0 unspecified atom stereocenters. The molecule has 1 aromatic rings. The van der Waals surface area contributed by atoms with E-state index in [0.717, 1.165) is 12.2 Å². The molecular formula is C27H46O7. The molecule has 0 radical (unpaired) electrons. The van der Waals surface area contributed by atoms with Crippen LogP contribution < -0.4 is 4.74 Å². The van der Waals surface area contributed by atoms with Gasteiger partial charge in [0.1, 0.15) is 12.4 Å². The van der Waals surface area contributed by atoms with Gasteiger partial charge in [-0.15, -0.1) is 0 Å². The van der Waals surface area contributed by atoms with E-state index in [4.69, 9.17) is 23.7 Å². The number of carbonyl (C=O) groups is 1. The molecule has 0 atom stereocenters. The second-order valence-corrected chi connectivity index (χ2v) is 8.14. The second-order valence-electron chi connectivity index (χ2n) is 8.14. The summed E-state index contributed by atoms with van der Waals surface area (Å²) in [5, 5.41) is 0. The number of hydrogen-bond acceptors (Lipinski definition) is 7. The highest BCUT2D eigenvalue weighted by Gasteiger charge is 2.00. The Morgan fingerprint density at radius 2 is 1.15 bits per heavy atom. The first-order valence-electron chi connectivity index (χ1n) is 12.9. The van der Waals surface area contributed by atoms with Crippen molar-refractivity contribution < 1.29 is 33.2 Å². The van der Waals surface area contributed by atoms with Crippen LogP contribution in [-0.2, 0) is 34.9 Å². The normalized spacial score (nSPS) is 11.0. The van der Waals surface area contributed by atoms with Crippen molar-refractivity contribution in [2.45, 2.75) is 64.7 Å². The van der Waals surface area contributed by atoms with Crippen LogP contribution in [0.15, 0.2) is 24.3 Å². The van der Waals surface area contributed by atoms with Gasteiger partial charge in [-0.3, -0.25) is 4.79 Å². The number of unbranched alkanes of at least 4 members (excludes halogenated alkanes) is 6. The zero-order valence-electron chi connectivity index (χ0n) is 21.4. The number of ether oxygens (including phenoxy) is 6. The fourth-order valence-corrected chi connectivity index (χ4v) is 3.28. The molecule has 0 N–H and O–H groups in total. The van der Waals surface area contributed by atoms with Gasteiger partial charge in [0.15, 0.2) is 0 Å². The lowest BCUT2D eigenvalue weighted by molar-refractivity contribution is -0.141. The van der Waals surface area contributed by atoms with Crippen LogP contribution >= 0.6 is 0 Å². The Kier molecular flexibility index (Phi) is 20.6. The Balaban J connectivity index is 1.85. The van der Waals surface area contributed by atoms with E-state index in [2.05, 4.69) is 23.8 Å². The number of benzene rings is 1. The number of aryl methyl sites for hydroxylation is 1. The summed E-state index contributed by atoms with van der Waals surface area (Å²) in [5.41, 5.74) is 1.38. The predicted octanol–water partition coefficient (Wildman–Crippen LogP) is 4.99. The molecule has 0 amide bonds. The van der Waals surface area contributed by atoms with Gasteiger partial charge in [-0.25, -0.2) is 0 Å². The van der Waals surface area contributed by atoms with Gasteiger partial charge in [-0.1, -0.05) is 57.6 Å². The van der Waals surface area contributed by atoms with Gasteiger partial charge in [-0.05, 0) is 30.5 Å². The average Bonchev–Trinajstić information content (AvgIpc) is 2.86. The topological polar surface area (TPSA) is 72.5 Å². The Morgan fingerprint density at radius 1 is 0.647 bits per heavy atom. The Bertz CT molecular complexity index is 577. The molecule has 0 bridgehead atoms. The summed E-state index contributed by atoms with van der Waals surface area (Å²) in [7, 11) is 1.36. The van der Waals surface area contributed by atoms with Gasteiger partial charge in [0.2, 0.25) is 0 Å². The zero-order chi connectivity index (χ0) is 24.5. The van der Waals surface area contributed by atoms with Crippen molar-refractivity contribution in [3.05, 3.63) is 29.8 Å². The standard InChI is InChI=1S/C27H46O7/c1-3-4-5-6-7-8-9-10-25-11-13-26(14-12-25)34-24-23-33-22-21-32-20-19-31-18-17-30-16-15-27(28)29-2/h11-14H,3-10,15-24H2,1-2H3. The fourth-order valence-electron chi connectivity index (χ4n) is 3.28. The van der Waals surface area contributed by atoms with E-state index in [9.17, 15) is 4.79 Å². The summed E-state index contributed by atoms with van der Waals surface area (Å²) in [4.78, 5) is 10.9.